The fourth-order valence-electron chi connectivity index (χ4n) is 2.92. The number of benzene rings is 2. The van der Waals surface area contributed by atoms with Gasteiger partial charge in [-0.2, -0.15) is 4.98 Å². The van der Waals surface area contributed by atoms with E-state index in [4.69, 9.17) is 4.98 Å². The molecule has 0 saturated carbocycles. The fourth-order valence-corrected chi connectivity index (χ4v) is 2.92. The molecule has 5 heteroatoms. The first-order valence-corrected chi connectivity index (χ1v) is 8.88. The molecule has 0 spiro atoms. The number of rotatable bonds is 2. The average molecular weight is 355 g/mol. The summed E-state index contributed by atoms with van der Waals surface area (Å²) in [5.41, 5.74) is 2.97. The molecule has 0 aliphatic heterocycles. The van der Waals surface area contributed by atoms with Gasteiger partial charge in [-0.15, -0.1) is 10.2 Å². The van der Waals surface area contributed by atoms with Gasteiger partial charge in [-0.1, -0.05) is 30.0 Å². The third-order valence-electron chi connectivity index (χ3n) is 4.28. The van der Waals surface area contributed by atoms with Crippen LogP contribution in [0.15, 0.2) is 54.9 Å². The second-order valence-electron chi connectivity index (χ2n) is 7.56. The van der Waals surface area contributed by atoms with Gasteiger partial charge in [-0.05, 0) is 51.1 Å². The van der Waals surface area contributed by atoms with Crippen LogP contribution in [0.3, 0.4) is 0 Å². The van der Waals surface area contributed by atoms with E-state index in [1.807, 2.05) is 35.7 Å². The van der Waals surface area contributed by atoms with Crippen LogP contribution in [0.25, 0.3) is 16.7 Å². The summed E-state index contributed by atoms with van der Waals surface area (Å²) in [6.07, 6.45) is 1.69. The topological polar surface area (TPSA) is 46.3 Å². The smallest absolute Gasteiger partial charge is 0.257 e. The summed E-state index contributed by atoms with van der Waals surface area (Å²) in [5, 5.41) is 9.22. The van der Waals surface area contributed by atoms with E-state index in [1.54, 1.807) is 6.33 Å². The summed E-state index contributed by atoms with van der Waals surface area (Å²) >= 11 is 0. The predicted molar refractivity (Wildman–Crippen MR) is 109 cm³/mol. The van der Waals surface area contributed by atoms with E-state index in [-0.39, 0.29) is 5.41 Å². The van der Waals surface area contributed by atoms with Crippen LogP contribution in [0, 0.1) is 17.3 Å². The average Bonchev–Trinajstić information content (AvgIpc) is 3.14. The summed E-state index contributed by atoms with van der Waals surface area (Å²) in [4.78, 5) is 6.80. The van der Waals surface area contributed by atoms with Gasteiger partial charge in [0.2, 0.25) is 0 Å². The van der Waals surface area contributed by atoms with Crippen molar-refractivity contribution in [3.63, 3.8) is 0 Å². The lowest BCUT2D eigenvalue weighted by Gasteiger charge is -2.20. The molecule has 4 aromatic rings. The monoisotopic (exact) mass is 355 g/mol. The molecule has 27 heavy (non-hydrogen) atoms. The molecule has 134 valence electrons. The van der Waals surface area contributed by atoms with Gasteiger partial charge >= 0.3 is 0 Å². The number of fused-ring (bicyclic) bond motifs is 3. The molecule has 2 heterocycles. The zero-order valence-electron chi connectivity index (χ0n) is 15.9. The minimum atomic E-state index is -0.0439. The predicted octanol–water partition coefficient (Wildman–Crippen LogP) is 4.44. The maximum atomic E-state index is 4.73. The highest BCUT2D eigenvalue weighted by Crippen LogP contribution is 2.30. The first kappa shape index (κ1) is 17.0. The number of aromatic nitrogens is 4. The lowest BCUT2D eigenvalue weighted by molar-refractivity contribution is 0.571. The molecule has 0 amide bonds. The number of hydrogen-bond acceptors (Lipinski definition) is 4. The van der Waals surface area contributed by atoms with Crippen LogP contribution in [-0.2, 0) is 0 Å². The van der Waals surface area contributed by atoms with Crippen molar-refractivity contribution in [2.75, 3.05) is 11.9 Å². The molecular weight excluding hydrogens is 334 g/mol. The van der Waals surface area contributed by atoms with Crippen molar-refractivity contribution in [2.45, 2.75) is 20.8 Å². The number of para-hydroxylation sites is 1. The van der Waals surface area contributed by atoms with Crippen LogP contribution in [-0.4, -0.2) is 26.6 Å². The van der Waals surface area contributed by atoms with Gasteiger partial charge in [-0.3, -0.25) is 4.40 Å². The first-order chi connectivity index (χ1) is 12.9. The van der Waals surface area contributed by atoms with Gasteiger partial charge in [0.25, 0.3) is 5.78 Å². The SMILES string of the molecule is CN(c1ccccc1)c1nc2nncn2c2cc(C#CC(C)(C)C)ccc12. The zero-order chi connectivity index (χ0) is 19.0. The van der Waals surface area contributed by atoms with Gasteiger partial charge in [0, 0.05) is 29.1 Å². The van der Waals surface area contributed by atoms with E-state index < -0.39 is 0 Å². The standard InChI is InChI=1S/C22H21N5/c1-22(2,3)13-12-16-10-11-18-19(14-16)27-15-23-25-21(27)24-20(18)26(4)17-8-6-5-7-9-17/h5-11,14-15H,1-4H3. The molecule has 4 rings (SSSR count). The number of hydrogen-bond donors (Lipinski definition) is 0. The van der Waals surface area contributed by atoms with E-state index in [9.17, 15) is 0 Å². The third-order valence-corrected chi connectivity index (χ3v) is 4.28. The van der Waals surface area contributed by atoms with Crippen molar-refractivity contribution >= 4 is 28.2 Å². The molecule has 0 saturated heterocycles. The van der Waals surface area contributed by atoms with Crippen molar-refractivity contribution in [1.29, 1.82) is 0 Å². The Morgan fingerprint density at radius 1 is 1.04 bits per heavy atom. The minimum absolute atomic E-state index is 0.0439. The van der Waals surface area contributed by atoms with Gasteiger partial charge in [0.05, 0.1) is 5.52 Å². The van der Waals surface area contributed by atoms with Crippen LogP contribution in [0.4, 0.5) is 11.5 Å². The molecule has 0 N–H and O–H groups in total. The Hall–Kier alpha value is -3.39. The molecule has 0 atom stereocenters. The number of anilines is 2. The second-order valence-corrected chi connectivity index (χ2v) is 7.56. The molecule has 5 nitrogen and oxygen atoms in total. The van der Waals surface area contributed by atoms with E-state index in [1.165, 1.54) is 0 Å². The summed E-state index contributed by atoms with van der Waals surface area (Å²) in [7, 11) is 2.01. The summed E-state index contributed by atoms with van der Waals surface area (Å²) in [6, 6.07) is 16.4. The molecule has 0 radical (unpaired) electrons. The first-order valence-electron chi connectivity index (χ1n) is 8.88. The summed E-state index contributed by atoms with van der Waals surface area (Å²) in [6.45, 7) is 6.32. The number of nitrogens with zero attached hydrogens (tertiary/aromatic N) is 5. The zero-order valence-corrected chi connectivity index (χ0v) is 15.9. The van der Waals surface area contributed by atoms with Crippen molar-refractivity contribution in [1.82, 2.24) is 19.6 Å². The second kappa shape index (κ2) is 6.40. The molecule has 0 bridgehead atoms. The van der Waals surface area contributed by atoms with Crippen LogP contribution in [0.5, 0.6) is 0 Å². The van der Waals surface area contributed by atoms with Crippen molar-refractivity contribution in [3.8, 4) is 11.8 Å². The Labute approximate surface area is 158 Å². The Morgan fingerprint density at radius 3 is 2.56 bits per heavy atom. The fraction of sp³-hybridized carbons (Fsp3) is 0.227. The van der Waals surface area contributed by atoms with Gasteiger partial charge in [0.1, 0.15) is 12.1 Å². The Morgan fingerprint density at radius 2 is 1.81 bits per heavy atom. The normalized spacial score (nSPS) is 11.4. The molecule has 2 aromatic heterocycles. The molecular formula is C22H21N5. The van der Waals surface area contributed by atoms with E-state index in [2.05, 4.69) is 72.0 Å². The van der Waals surface area contributed by atoms with Crippen LogP contribution < -0.4 is 4.90 Å². The van der Waals surface area contributed by atoms with Crippen LogP contribution in [0.1, 0.15) is 26.3 Å². The van der Waals surface area contributed by atoms with E-state index in [0.717, 1.165) is 28.0 Å². The Kier molecular flexibility index (Phi) is 4.04. The quantitative estimate of drug-likeness (QED) is 0.499. The third kappa shape index (κ3) is 3.34. The van der Waals surface area contributed by atoms with Crippen LogP contribution in [0.2, 0.25) is 0 Å². The van der Waals surface area contributed by atoms with Gasteiger partial charge in [-0.25, -0.2) is 0 Å². The maximum Gasteiger partial charge on any atom is 0.257 e. The van der Waals surface area contributed by atoms with Crippen molar-refractivity contribution in [3.05, 3.63) is 60.4 Å². The highest BCUT2D eigenvalue weighted by Gasteiger charge is 2.14. The highest BCUT2D eigenvalue weighted by molar-refractivity contribution is 5.94. The van der Waals surface area contributed by atoms with E-state index >= 15 is 0 Å². The van der Waals surface area contributed by atoms with Crippen molar-refractivity contribution in [2.24, 2.45) is 5.41 Å². The Balaban J connectivity index is 1.93. The maximum absolute atomic E-state index is 4.73. The van der Waals surface area contributed by atoms with Gasteiger partial charge in [0.15, 0.2) is 0 Å². The Bertz CT molecular complexity index is 1170. The van der Waals surface area contributed by atoms with Gasteiger partial charge < -0.3 is 4.90 Å². The largest absolute Gasteiger partial charge is 0.329 e. The van der Waals surface area contributed by atoms with Crippen LogP contribution >= 0.6 is 0 Å². The molecule has 0 aliphatic carbocycles. The molecule has 0 aliphatic rings. The summed E-state index contributed by atoms with van der Waals surface area (Å²) in [5.74, 6) is 7.98. The summed E-state index contributed by atoms with van der Waals surface area (Å²) < 4.78 is 1.90. The lowest BCUT2D eigenvalue weighted by Crippen LogP contribution is -2.12. The molecule has 0 unspecified atom stereocenters. The minimum Gasteiger partial charge on any atom is -0.329 e. The molecule has 2 aromatic carbocycles. The van der Waals surface area contributed by atoms with Crippen molar-refractivity contribution < 1.29 is 0 Å². The highest BCUT2D eigenvalue weighted by atomic mass is 15.3. The van der Waals surface area contributed by atoms with E-state index in [0.29, 0.717) is 5.78 Å². The molecule has 0 fully saturated rings. The lowest BCUT2D eigenvalue weighted by atomic mass is 9.97.